The zero-order valence-corrected chi connectivity index (χ0v) is 25.5. The molecule has 0 aromatic heterocycles. The Morgan fingerprint density at radius 2 is 1.31 bits per heavy atom. The van der Waals surface area contributed by atoms with Crippen molar-refractivity contribution in [3.05, 3.63) is 78.4 Å². The van der Waals surface area contributed by atoms with E-state index >= 15 is 0 Å². The Labute approximate surface area is 228 Å². The Balaban J connectivity index is 0.00000320. The summed E-state index contributed by atoms with van der Waals surface area (Å²) in [5, 5.41) is 3.46. The van der Waals surface area contributed by atoms with Crippen LogP contribution in [0.2, 0.25) is 0 Å². The molecule has 0 unspecified atom stereocenters. The first-order valence-electron chi connectivity index (χ1n) is 11.1. The summed E-state index contributed by atoms with van der Waals surface area (Å²) < 4.78 is 1.59. The van der Waals surface area contributed by atoms with Gasteiger partial charge in [-0.3, -0.25) is 0 Å². The summed E-state index contributed by atoms with van der Waals surface area (Å²) in [6, 6.07) is 11.1. The van der Waals surface area contributed by atoms with E-state index in [2.05, 4.69) is 92.3 Å². The molecule has 3 rings (SSSR count). The normalized spacial score (nSPS) is 13.4. The maximum atomic E-state index is 2.40. The van der Waals surface area contributed by atoms with Gasteiger partial charge in [0.25, 0.3) is 0 Å². The maximum Gasteiger partial charge on any atom is -1.00 e. The molecule has 0 aliphatic heterocycles. The van der Waals surface area contributed by atoms with E-state index in [9.17, 15) is 0 Å². The first kappa shape index (κ1) is 31.7. The predicted octanol–water partition coefficient (Wildman–Crippen LogP) is -2.77. The molecule has 5 heteroatoms. The van der Waals surface area contributed by atoms with E-state index in [1.807, 2.05) is 0 Å². The van der Waals surface area contributed by atoms with E-state index in [-0.39, 0.29) is 37.2 Å². The average molecular weight is 542 g/mol. The average Bonchev–Trinajstić information content (AvgIpc) is 3.04. The van der Waals surface area contributed by atoms with Crippen molar-refractivity contribution in [1.29, 1.82) is 0 Å². The van der Waals surface area contributed by atoms with Gasteiger partial charge in [-0.25, -0.2) is 0 Å². The fourth-order valence-electron chi connectivity index (χ4n) is 4.75. The molecule has 0 spiro atoms. The standard InChI is InChI=1S/C27H35Si.3ClH.Ti/c1-7-8-10-15-24-16-25(17-26(24)23-13-11-9-12-14-23)28-27-21(5)19(3)18(2)20(4)22(27)6;;;;/h9,11-14H,7-8,10,15-16,28H2,1-6H3;3*1H;/q;;;;+3/p-3. The molecular formula is C27H35Cl3SiTi. The summed E-state index contributed by atoms with van der Waals surface area (Å²) in [4.78, 5) is 0. The fraction of sp³-hybridized carbons (Fsp3) is 0.407. The molecule has 0 N–H and O–H groups in total. The molecule has 2 aromatic rings. The summed E-state index contributed by atoms with van der Waals surface area (Å²) in [7, 11) is -0.458. The minimum absolute atomic E-state index is 0. The van der Waals surface area contributed by atoms with Crippen LogP contribution < -0.4 is 42.4 Å². The summed E-state index contributed by atoms with van der Waals surface area (Å²) in [6.07, 6.45) is 6.44. The van der Waals surface area contributed by atoms with Crippen molar-refractivity contribution in [3.63, 3.8) is 0 Å². The molecule has 0 saturated heterocycles. The van der Waals surface area contributed by atoms with Crippen molar-refractivity contribution in [2.24, 2.45) is 0 Å². The Kier molecular flexibility index (Phi) is 14.1. The monoisotopic (exact) mass is 540 g/mol. The third-order valence-electron chi connectivity index (χ3n) is 7.07. The number of hydrogen-bond acceptors (Lipinski definition) is 0. The Bertz CT molecular complexity index is 949. The number of hydrogen-bond donors (Lipinski definition) is 0. The second-order valence-corrected chi connectivity index (χ2v) is 11.4. The fourth-order valence-corrected chi connectivity index (χ4v) is 8.07. The number of unbranched alkanes of at least 4 members (excludes halogenated alkanes) is 2. The molecule has 1 aliphatic carbocycles. The van der Waals surface area contributed by atoms with E-state index in [0.29, 0.717) is 0 Å². The molecular weight excluding hydrogens is 507 g/mol. The molecule has 0 bridgehead atoms. The van der Waals surface area contributed by atoms with Gasteiger partial charge in [-0.15, -0.1) is 0 Å². The summed E-state index contributed by atoms with van der Waals surface area (Å²) in [5.41, 5.74) is 12.3. The minimum Gasteiger partial charge on any atom is -1.00 e. The molecule has 0 heterocycles. The van der Waals surface area contributed by atoms with Crippen LogP contribution in [0.3, 0.4) is 0 Å². The Hall–Kier alpha value is -0.279. The van der Waals surface area contributed by atoms with Crippen LogP contribution in [0.4, 0.5) is 0 Å². The predicted molar refractivity (Wildman–Crippen MR) is 127 cm³/mol. The van der Waals surface area contributed by atoms with Gasteiger partial charge in [-0.1, -0.05) is 0 Å². The zero-order chi connectivity index (χ0) is 21.1. The second-order valence-electron chi connectivity index (χ2n) is 8.74. The first-order valence-corrected chi connectivity index (χ1v) is 13.3. The molecule has 0 radical (unpaired) electrons. The maximum absolute atomic E-state index is 2.40. The molecule has 32 heavy (non-hydrogen) atoms. The van der Waals surface area contributed by atoms with Crippen molar-refractivity contribution < 1.29 is 57.7 Å². The van der Waals surface area contributed by atoms with Crippen molar-refractivity contribution in [2.45, 2.75) is 73.6 Å². The molecule has 0 fully saturated rings. The van der Waals surface area contributed by atoms with Gasteiger partial charge in [-0.05, 0) is 0 Å². The zero-order valence-electron chi connectivity index (χ0n) is 20.3. The van der Waals surface area contributed by atoms with Gasteiger partial charge in [-0.2, -0.15) is 0 Å². The van der Waals surface area contributed by atoms with Crippen LogP contribution in [0.1, 0.15) is 72.4 Å². The third-order valence-corrected chi connectivity index (χ3v) is 11.0. The summed E-state index contributed by atoms with van der Waals surface area (Å²) >= 11 is 2.40. The smallest absolute Gasteiger partial charge is 1.00 e. The molecule has 0 saturated carbocycles. The number of halogens is 3. The van der Waals surface area contributed by atoms with Crippen molar-refractivity contribution in [2.75, 3.05) is 0 Å². The number of benzene rings is 2. The van der Waals surface area contributed by atoms with Gasteiger partial charge in [0, 0.05) is 0 Å². The summed E-state index contributed by atoms with van der Waals surface area (Å²) in [6.45, 7) is 13.9. The van der Waals surface area contributed by atoms with Crippen LogP contribution in [-0.4, -0.2) is 9.52 Å². The third kappa shape index (κ3) is 6.65. The quantitative estimate of drug-likeness (QED) is 0.263. The molecule has 0 nitrogen and oxygen atoms in total. The SMILES string of the molecule is CCCCCC1=C(c2ccccc2)[C]([Ti+3])=C([SiH2]c2c(C)c(C)c(C)c(C)c2C)C1.[Cl-].[Cl-].[Cl-]. The Morgan fingerprint density at radius 1 is 0.781 bits per heavy atom. The van der Waals surface area contributed by atoms with Gasteiger partial charge < -0.3 is 37.2 Å². The van der Waals surface area contributed by atoms with Gasteiger partial charge >= 0.3 is 193 Å². The molecule has 0 amide bonds. The van der Waals surface area contributed by atoms with Crippen molar-refractivity contribution in [1.82, 2.24) is 0 Å². The molecule has 1 aliphatic rings. The molecule has 2 aromatic carbocycles. The van der Waals surface area contributed by atoms with E-state index in [4.69, 9.17) is 0 Å². The van der Waals surface area contributed by atoms with Crippen LogP contribution in [0, 0.1) is 34.6 Å². The first-order chi connectivity index (χ1) is 13.9. The van der Waals surface area contributed by atoms with Crippen LogP contribution in [0.15, 0.2) is 45.0 Å². The van der Waals surface area contributed by atoms with Crippen LogP contribution in [0.25, 0.3) is 5.57 Å². The van der Waals surface area contributed by atoms with Gasteiger partial charge in [0.15, 0.2) is 0 Å². The Morgan fingerprint density at radius 3 is 1.84 bits per heavy atom. The largest absolute Gasteiger partial charge is 1.00 e. The molecule has 172 valence electrons. The van der Waals surface area contributed by atoms with E-state index < -0.39 is 9.52 Å². The van der Waals surface area contributed by atoms with E-state index in [0.717, 1.165) is 0 Å². The number of rotatable bonds is 7. The van der Waals surface area contributed by atoms with E-state index in [1.165, 1.54) is 54.4 Å². The van der Waals surface area contributed by atoms with Gasteiger partial charge in [0.1, 0.15) is 0 Å². The van der Waals surface area contributed by atoms with Gasteiger partial charge in [0.05, 0.1) is 0 Å². The van der Waals surface area contributed by atoms with Gasteiger partial charge in [0.2, 0.25) is 0 Å². The van der Waals surface area contributed by atoms with Crippen LogP contribution in [-0.2, 0) is 20.4 Å². The van der Waals surface area contributed by atoms with Crippen LogP contribution in [0.5, 0.6) is 0 Å². The second kappa shape index (κ2) is 14.2. The van der Waals surface area contributed by atoms with Crippen molar-refractivity contribution in [3.8, 4) is 0 Å². The minimum atomic E-state index is -0.458. The topological polar surface area (TPSA) is 0 Å². The van der Waals surface area contributed by atoms with E-state index in [1.54, 1.807) is 36.5 Å². The van der Waals surface area contributed by atoms with Crippen LogP contribution >= 0.6 is 0 Å². The number of allylic oxidation sites excluding steroid dienone is 4. The van der Waals surface area contributed by atoms with Crippen molar-refractivity contribution >= 4 is 20.3 Å². The summed E-state index contributed by atoms with van der Waals surface area (Å²) in [5.74, 6) is 0. The molecule has 0 atom stereocenters.